The van der Waals surface area contributed by atoms with Crippen molar-refractivity contribution in [1.29, 1.82) is 0 Å². The van der Waals surface area contributed by atoms with E-state index < -0.39 is 5.91 Å². The van der Waals surface area contributed by atoms with E-state index >= 15 is 0 Å². The fourth-order valence-corrected chi connectivity index (χ4v) is 4.52. The van der Waals surface area contributed by atoms with E-state index in [9.17, 15) is 9.59 Å². The number of aryl methyl sites for hydroxylation is 2. The van der Waals surface area contributed by atoms with E-state index in [0.717, 1.165) is 24.1 Å². The van der Waals surface area contributed by atoms with Crippen molar-refractivity contribution in [3.8, 4) is 16.9 Å². The summed E-state index contributed by atoms with van der Waals surface area (Å²) in [4.78, 5) is 29.5. The molecule has 0 atom stereocenters. The van der Waals surface area contributed by atoms with Gasteiger partial charge in [0.1, 0.15) is 5.69 Å². The summed E-state index contributed by atoms with van der Waals surface area (Å²) in [6.07, 6.45) is 4.74. The third kappa shape index (κ3) is 4.04. The molecule has 0 spiro atoms. The number of anilines is 1. The molecule has 0 radical (unpaired) electrons. The minimum Gasteiger partial charge on any atom is -0.296 e. The Labute approximate surface area is 183 Å². The third-order valence-corrected chi connectivity index (χ3v) is 6.16. The first-order valence-electron chi connectivity index (χ1n) is 10.2. The molecule has 0 saturated heterocycles. The summed E-state index contributed by atoms with van der Waals surface area (Å²) in [7, 11) is 0. The molecule has 0 aliphatic heterocycles. The molecule has 1 amide bonds. The second-order valence-electron chi connectivity index (χ2n) is 7.49. The fraction of sp³-hybridized carbons (Fsp3) is 0.167. The van der Waals surface area contributed by atoms with E-state index in [1.807, 2.05) is 23.6 Å². The molecule has 0 fully saturated rings. The van der Waals surface area contributed by atoms with Crippen LogP contribution >= 0.6 is 11.3 Å². The minimum absolute atomic E-state index is 0.147. The highest BCUT2D eigenvalue weighted by molar-refractivity contribution is 7.14. The lowest BCUT2D eigenvalue weighted by molar-refractivity contribution is 0.102. The SMILES string of the molecule is O=C(Nc1nc(-c2ccc3c(c2)CCCC3)cs1)c1ccc(=O)n(-c2ccccc2)n1. The van der Waals surface area contributed by atoms with E-state index in [0.29, 0.717) is 10.8 Å². The quantitative estimate of drug-likeness (QED) is 0.520. The fourth-order valence-electron chi connectivity index (χ4n) is 3.80. The zero-order valence-electron chi connectivity index (χ0n) is 16.7. The van der Waals surface area contributed by atoms with Crippen molar-refractivity contribution in [2.24, 2.45) is 0 Å². The normalized spacial score (nSPS) is 12.9. The first kappa shape index (κ1) is 19.4. The van der Waals surface area contributed by atoms with Gasteiger partial charge in [0.05, 0.1) is 11.4 Å². The average molecular weight is 429 g/mol. The van der Waals surface area contributed by atoms with Gasteiger partial charge < -0.3 is 0 Å². The number of thiazole rings is 1. The number of carbonyl (C=O) groups excluding carboxylic acids is 1. The van der Waals surface area contributed by atoms with Gasteiger partial charge in [-0.05, 0) is 61.1 Å². The number of para-hydroxylation sites is 1. The van der Waals surface area contributed by atoms with E-state index in [1.165, 1.54) is 52.1 Å². The highest BCUT2D eigenvalue weighted by atomic mass is 32.1. The highest BCUT2D eigenvalue weighted by Crippen LogP contribution is 2.29. The van der Waals surface area contributed by atoms with Crippen LogP contribution in [0.15, 0.2) is 70.8 Å². The van der Waals surface area contributed by atoms with Gasteiger partial charge in [0.25, 0.3) is 11.5 Å². The number of aromatic nitrogens is 3. The Balaban J connectivity index is 1.36. The van der Waals surface area contributed by atoms with Crippen molar-refractivity contribution in [3.63, 3.8) is 0 Å². The maximum absolute atomic E-state index is 12.7. The van der Waals surface area contributed by atoms with Crippen LogP contribution in [0.4, 0.5) is 5.13 Å². The summed E-state index contributed by atoms with van der Waals surface area (Å²) < 4.78 is 1.22. The van der Waals surface area contributed by atoms with Crippen molar-refractivity contribution in [2.45, 2.75) is 25.7 Å². The molecule has 31 heavy (non-hydrogen) atoms. The summed E-state index contributed by atoms with van der Waals surface area (Å²) in [6.45, 7) is 0. The van der Waals surface area contributed by atoms with Crippen LogP contribution in [0.2, 0.25) is 0 Å². The van der Waals surface area contributed by atoms with Gasteiger partial charge in [0.2, 0.25) is 0 Å². The first-order chi connectivity index (χ1) is 15.2. The standard InChI is InChI=1S/C24H20N4O2S/c29-22-13-12-20(27-28(22)19-8-2-1-3-9-19)23(30)26-24-25-21(15-31-24)18-11-10-16-6-4-5-7-17(16)14-18/h1-3,8-15H,4-7H2,(H,25,26,30). The molecule has 2 aromatic heterocycles. The van der Waals surface area contributed by atoms with Crippen molar-refractivity contribution in [1.82, 2.24) is 14.8 Å². The third-order valence-electron chi connectivity index (χ3n) is 5.40. The van der Waals surface area contributed by atoms with Crippen LogP contribution < -0.4 is 10.9 Å². The maximum Gasteiger partial charge on any atom is 0.277 e. The van der Waals surface area contributed by atoms with Crippen LogP contribution in [0.1, 0.15) is 34.5 Å². The summed E-state index contributed by atoms with van der Waals surface area (Å²) >= 11 is 1.37. The monoisotopic (exact) mass is 428 g/mol. The molecular formula is C24H20N4O2S. The van der Waals surface area contributed by atoms with E-state index in [1.54, 1.807) is 12.1 Å². The predicted octanol–water partition coefficient (Wildman–Crippen LogP) is 4.49. The van der Waals surface area contributed by atoms with Crippen LogP contribution in [0.25, 0.3) is 16.9 Å². The lowest BCUT2D eigenvalue weighted by atomic mass is 9.90. The van der Waals surface area contributed by atoms with Crippen LogP contribution in [0.5, 0.6) is 0 Å². The Bertz CT molecular complexity index is 1310. The molecule has 0 saturated carbocycles. The molecule has 1 N–H and O–H groups in total. The zero-order chi connectivity index (χ0) is 21.2. The number of hydrogen-bond donors (Lipinski definition) is 1. The van der Waals surface area contributed by atoms with Gasteiger partial charge in [-0.25, -0.2) is 4.98 Å². The second-order valence-corrected chi connectivity index (χ2v) is 8.34. The van der Waals surface area contributed by atoms with Gasteiger partial charge in [-0.15, -0.1) is 11.3 Å². The zero-order valence-corrected chi connectivity index (χ0v) is 17.6. The number of nitrogens with zero attached hydrogens (tertiary/aromatic N) is 3. The number of nitrogens with one attached hydrogen (secondary N) is 1. The Morgan fingerprint density at radius 2 is 1.77 bits per heavy atom. The van der Waals surface area contributed by atoms with Gasteiger partial charge in [0, 0.05) is 17.0 Å². The van der Waals surface area contributed by atoms with Gasteiger partial charge in [-0.3, -0.25) is 14.9 Å². The number of carbonyl (C=O) groups is 1. The van der Waals surface area contributed by atoms with Gasteiger partial charge >= 0.3 is 0 Å². The molecule has 2 aromatic carbocycles. The van der Waals surface area contributed by atoms with Crippen molar-refractivity contribution in [2.75, 3.05) is 5.32 Å². The van der Waals surface area contributed by atoms with Crippen LogP contribution in [0, 0.1) is 0 Å². The predicted molar refractivity (Wildman–Crippen MR) is 122 cm³/mol. The summed E-state index contributed by atoms with van der Waals surface area (Å²) in [6, 6.07) is 18.3. The van der Waals surface area contributed by atoms with E-state index in [2.05, 4.69) is 33.6 Å². The molecule has 154 valence electrons. The summed E-state index contributed by atoms with van der Waals surface area (Å²) in [5.74, 6) is -0.406. The Morgan fingerprint density at radius 1 is 0.968 bits per heavy atom. The van der Waals surface area contributed by atoms with Gasteiger partial charge in [0.15, 0.2) is 5.13 Å². The van der Waals surface area contributed by atoms with Gasteiger partial charge in [-0.1, -0.05) is 30.3 Å². The largest absolute Gasteiger partial charge is 0.296 e. The number of benzene rings is 2. The van der Waals surface area contributed by atoms with Crippen LogP contribution in [0.3, 0.4) is 0 Å². The molecular weight excluding hydrogens is 408 g/mol. The molecule has 0 unspecified atom stereocenters. The number of fused-ring (bicyclic) bond motifs is 1. The van der Waals surface area contributed by atoms with Gasteiger partial charge in [-0.2, -0.15) is 9.78 Å². The lowest BCUT2D eigenvalue weighted by Gasteiger charge is -2.16. The molecule has 2 heterocycles. The Kier molecular flexibility index (Phi) is 5.18. The number of rotatable bonds is 4. The molecule has 0 bridgehead atoms. The molecule has 1 aliphatic rings. The minimum atomic E-state index is -0.406. The van der Waals surface area contributed by atoms with Crippen molar-refractivity contribution in [3.05, 3.63) is 93.2 Å². The Hall–Kier alpha value is -3.58. The summed E-state index contributed by atoms with van der Waals surface area (Å²) in [5, 5.41) is 9.46. The van der Waals surface area contributed by atoms with Crippen molar-refractivity contribution >= 4 is 22.4 Å². The number of hydrogen-bond acceptors (Lipinski definition) is 5. The molecule has 1 aliphatic carbocycles. The van der Waals surface area contributed by atoms with Crippen LogP contribution in [-0.2, 0) is 12.8 Å². The molecule has 7 heteroatoms. The lowest BCUT2D eigenvalue weighted by Crippen LogP contribution is -2.24. The highest BCUT2D eigenvalue weighted by Gasteiger charge is 2.15. The van der Waals surface area contributed by atoms with Crippen molar-refractivity contribution < 1.29 is 4.79 Å². The van der Waals surface area contributed by atoms with E-state index in [-0.39, 0.29) is 11.3 Å². The topological polar surface area (TPSA) is 76.9 Å². The molecule has 6 nitrogen and oxygen atoms in total. The Morgan fingerprint density at radius 3 is 2.61 bits per heavy atom. The molecule has 4 aromatic rings. The summed E-state index contributed by atoms with van der Waals surface area (Å²) in [5.41, 5.74) is 5.18. The first-order valence-corrected chi connectivity index (χ1v) is 11.1. The second kappa shape index (κ2) is 8.28. The maximum atomic E-state index is 12.7. The average Bonchev–Trinajstić information content (AvgIpc) is 3.28. The van der Waals surface area contributed by atoms with Crippen LogP contribution in [-0.4, -0.2) is 20.7 Å². The van der Waals surface area contributed by atoms with E-state index in [4.69, 9.17) is 0 Å². The smallest absolute Gasteiger partial charge is 0.277 e. The molecule has 5 rings (SSSR count). The number of amides is 1.